The summed E-state index contributed by atoms with van der Waals surface area (Å²) in [6.45, 7) is 2.01. The van der Waals surface area contributed by atoms with Gasteiger partial charge in [-0.15, -0.1) is 0 Å². The number of alkyl halides is 3. The second-order valence-corrected chi connectivity index (χ2v) is 5.17. The van der Waals surface area contributed by atoms with Gasteiger partial charge in [0.2, 0.25) is 0 Å². The van der Waals surface area contributed by atoms with E-state index < -0.39 is 11.7 Å². The highest BCUT2D eigenvalue weighted by atomic mass is 32.1. The molecule has 0 amide bonds. The molecule has 1 aromatic carbocycles. The van der Waals surface area contributed by atoms with E-state index in [2.05, 4.69) is 5.32 Å². The molecule has 0 radical (unpaired) electrons. The van der Waals surface area contributed by atoms with Crippen LogP contribution in [0, 0.1) is 5.92 Å². The molecule has 0 saturated carbocycles. The van der Waals surface area contributed by atoms with Crippen molar-refractivity contribution in [3.63, 3.8) is 0 Å². The van der Waals surface area contributed by atoms with Crippen LogP contribution in [0.15, 0.2) is 18.2 Å². The number of halogens is 3. The monoisotopic (exact) mass is 304 g/mol. The first-order chi connectivity index (χ1) is 9.38. The summed E-state index contributed by atoms with van der Waals surface area (Å²) in [6.07, 6.45) is -3.46. The van der Waals surface area contributed by atoms with Gasteiger partial charge in [-0.2, -0.15) is 13.2 Å². The summed E-state index contributed by atoms with van der Waals surface area (Å²) in [5.74, 6) is 0.358. The molecule has 7 heteroatoms. The molecule has 20 heavy (non-hydrogen) atoms. The van der Waals surface area contributed by atoms with Crippen LogP contribution >= 0.6 is 12.2 Å². The number of benzene rings is 1. The Morgan fingerprint density at radius 2 is 2.20 bits per heavy atom. The summed E-state index contributed by atoms with van der Waals surface area (Å²) in [5, 5.41) is 3.10. The topological polar surface area (TPSA) is 47.3 Å². The van der Waals surface area contributed by atoms with Crippen molar-refractivity contribution in [2.24, 2.45) is 11.7 Å². The first kappa shape index (κ1) is 15.1. The van der Waals surface area contributed by atoms with Crippen LogP contribution in [-0.2, 0) is 10.9 Å². The first-order valence-electron chi connectivity index (χ1n) is 6.20. The van der Waals surface area contributed by atoms with E-state index in [9.17, 15) is 13.2 Å². The minimum atomic E-state index is -4.41. The van der Waals surface area contributed by atoms with Crippen molar-refractivity contribution in [2.45, 2.75) is 12.6 Å². The van der Waals surface area contributed by atoms with E-state index in [1.165, 1.54) is 6.07 Å². The van der Waals surface area contributed by atoms with E-state index in [4.69, 9.17) is 22.7 Å². The molecule has 0 spiro atoms. The van der Waals surface area contributed by atoms with E-state index in [0.717, 1.165) is 25.2 Å². The van der Waals surface area contributed by atoms with Gasteiger partial charge in [0.1, 0.15) is 4.99 Å². The van der Waals surface area contributed by atoms with Crippen LogP contribution in [0.25, 0.3) is 0 Å². The number of hydrogen-bond donors (Lipinski definition) is 2. The lowest BCUT2D eigenvalue weighted by Crippen LogP contribution is -2.19. The lowest BCUT2D eigenvalue weighted by molar-refractivity contribution is -0.137. The Labute approximate surface area is 120 Å². The molecule has 1 heterocycles. The standard InChI is InChI=1S/C13H15F3N2OS/c14-13(15,16)9-1-2-11(10(5-9)12(17)20)18-6-8-3-4-19-7-8/h1-2,5,8,18H,3-4,6-7H2,(H2,17,20). The highest BCUT2D eigenvalue weighted by Crippen LogP contribution is 2.32. The molecule has 0 aliphatic carbocycles. The Hall–Kier alpha value is -1.34. The van der Waals surface area contributed by atoms with E-state index in [0.29, 0.717) is 24.8 Å². The van der Waals surface area contributed by atoms with Crippen molar-refractivity contribution < 1.29 is 17.9 Å². The lowest BCUT2D eigenvalue weighted by atomic mass is 10.1. The Morgan fingerprint density at radius 1 is 1.45 bits per heavy atom. The van der Waals surface area contributed by atoms with Crippen molar-refractivity contribution in [1.82, 2.24) is 0 Å². The summed E-state index contributed by atoms with van der Waals surface area (Å²) in [5.41, 5.74) is 5.50. The third-order valence-corrected chi connectivity index (χ3v) is 3.44. The van der Waals surface area contributed by atoms with Crippen LogP contribution < -0.4 is 11.1 Å². The maximum absolute atomic E-state index is 12.7. The van der Waals surface area contributed by atoms with Gasteiger partial charge in [-0.25, -0.2) is 0 Å². The maximum Gasteiger partial charge on any atom is 0.416 e. The molecule has 1 atom stereocenters. The fourth-order valence-electron chi connectivity index (χ4n) is 2.08. The highest BCUT2D eigenvalue weighted by Gasteiger charge is 2.31. The molecule has 2 rings (SSSR count). The summed E-state index contributed by atoms with van der Waals surface area (Å²) < 4.78 is 43.3. The van der Waals surface area contributed by atoms with Gasteiger partial charge >= 0.3 is 6.18 Å². The summed E-state index contributed by atoms with van der Waals surface area (Å²) in [7, 11) is 0. The fourth-order valence-corrected chi connectivity index (χ4v) is 2.25. The number of ether oxygens (including phenoxy) is 1. The lowest BCUT2D eigenvalue weighted by Gasteiger charge is -2.16. The average Bonchev–Trinajstić information content (AvgIpc) is 2.88. The van der Waals surface area contributed by atoms with Crippen molar-refractivity contribution >= 4 is 22.9 Å². The zero-order valence-electron chi connectivity index (χ0n) is 10.7. The molecule has 0 bridgehead atoms. The van der Waals surface area contributed by atoms with Crippen LogP contribution in [0.3, 0.4) is 0 Å². The Bertz CT molecular complexity index is 499. The zero-order chi connectivity index (χ0) is 14.8. The smallest absolute Gasteiger partial charge is 0.389 e. The quantitative estimate of drug-likeness (QED) is 0.840. The van der Waals surface area contributed by atoms with Gasteiger partial charge in [-0.05, 0) is 24.6 Å². The molecule has 0 aromatic heterocycles. The number of nitrogens with two attached hydrogens (primary N) is 1. The van der Waals surface area contributed by atoms with E-state index in [1.54, 1.807) is 0 Å². The highest BCUT2D eigenvalue weighted by molar-refractivity contribution is 7.80. The van der Waals surface area contributed by atoms with Crippen LogP contribution in [-0.4, -0.2) is 24.7 Å². The van der Waals surface area contributed by atoms with E-state index in [-0.39, 0.29) is 10.6 Å². The second-order valence-electron chi connectivity index (χ2n) is 4.73. The van der Waals surface area contributed by atoms with Gasteiger partial charge in [0.15, 0.2) is 0 Å². The van der Waals surface area contributed by atoms with Gasteiger partial charge < -0.3 is 15.8 Å². The molecule has 3 nitrogen and oxygen atoms in total. The predicted octanol–water partition coefficient (Wildman–Crippen LogP) is 2.79. The van der Waals surface area contributed by atoms with Gasteiger partial charge in [0.05, 0.1) is 12.2 Å². The molecule has 1 aromatic rings. The number of hydrogen-bond acceptors (Lipinski definition) is 3. The molecular formula is C13H15F3N2OS. The van der Waals surface area contributed by atoms with Crippen molar-refractivity contribution in [3.8, 4) is 0 Å². The third kappa shape index (κ3) is 3.61. The number of thiocarbonyl (C=S) groups is 1. The second kappa shape index (κ2) is 5.97. The maximum atomic E-state index is 12.7. The molecule has 1 unspecified atom stereocenters. The SMILES string of the molecule is NC(=S)c1cc(C(F)(F)F)ccc1NCC1CCOC1. The Morgan fingerprint density at radius 3 is 2.75 bits per heavy atom. The molecule has 3 N–H and O–H groups in total. The molecule has 1 aliphatic heterocycles. The van der Waals surface area contributed by atoms with Crippen molar-refractivity contribution in [2.75, 3.05) is 25.1 Å². The molecule has 110 valence electrons. The summed E-state index contributed by atoms with van der Waals surface area (Å²) >= 11 is 4.83. The van der Waals surface area contributed by atoms with Crippen molar-refractivity contribution in [3.05, 3.63) is 29.3 Å². The van der Waals surface area contributed by atoms with Crippen LogP contribution in [0.1, 0.15) is 17.5 Å². The number of anilines is 1. The zero-order valence-corrected chi connectivity index (χ0v) is 11.5. The summed E-state index contributed by atoms with van der Waals surface area (Å²) in [4.78, 5) is -0.0544. The number of nitrogens with one attached hydrogen (secondary N) is 1. The van der Waals surface area contributed by atoms with Gasteiger partial charge in [-0.1, -0.05) is 12.2 Å². The van der Waals surface area contributed by atoms with E-state index in [1.807, 2.05) is 0 Å². The van der Waals surface area contributed by atoms with Crippen LogP contribution in [0.2, 0.25) is 0 Å². The Kier molecular flexibility index (Phi) is 4.49. The fraction of sp³-hybridized carbons (Fsp3) is 0.462. The van der Waals surface area contributed by atoms with E-state index >= 15 is 0 Å². The minimum absolute atomic E-state index is 0.0544. The van der Waals surface area contributed by atoms with Gasteiger partial charge in [0, 0.05) is 30.3 Å². The predicted molar refractivity (Wildman–Crippen MR) is 74.7 cm³/mol. The Balaban J connectivity index is 2.17. The van der Waals surface area contributed by atoms with Crippen LogP contribution in [0.5, 0.6) is 0 Å². The average molecular weight is 304 g/mol. The number of rotatable bonds is 4. The molecular weight excluding hydrogens is 289 g/mol. The van der Waals surface area contributed by atoms with Crippen LogP contribution in [0.4, 0.5) is 18.9 Å². The van der Waals surface area contributed by atoms with Crippen molar-refractivity contribution in [1.29, 1.82) is 0 Å². The molecule has 1 fully saturated rings. The van der Waals surface area contributed by atoms with Gasteiger partial charge in [0.25, 0.3) is 0 Å². The molecule has 1 aliphatic rings. The molecule has 1 saturated heterocycles. The normalized spacial score (nSPS) is 19.1. The van der Waals surface area contributed by atoms with Gasteiger partial charge in [-0.3, -0.25) is 0 Å². The largest absolute Gasteiger partial charge is 0.416 e. The first-order valence-corrected chi connectivity index (χ1v) is 6.61. The third-order valence-electron chi connectivity index (χ3n) is 3.22. The summed E-state index contributed by atoms with van der Waals surface area (Å²) in [6, 6.07) is 3.37. The minimum Gasteiger partial charge on any atom is -0.389 e.